The molecule has 4 nitrogen and oxygen atoms in total. The molecule has 0 unspecified atom stereocenters. The van der Waals surface area contributed by atoms with Gasteiger partial charge in [-0.15, -0.1) is 0 Å². The van der Waals surface area contributed by atoms with Gasteiger partial charge in [0.1, 0.15) is 0 Å². The van der Waals surface area contributed by atoms with E-state index in [1.807, 2.05) is 0 Å². The van der Waals surface area contributed by atoms with Crippen LogP contribution in [0.5, 0.6) is 0 Å². The van der Waals surface area contributed by atoms with Gasteiger partial charge >= 0.3 is 0 Å². The van der Waals surface area contributed by atoms with Crippen molar-refractivity contribution in [2.75, 3.05) is 19.8 Å². The molecule has 0 N–H and O–H groups in total. The molecule has 0 bridgehead atoms. The van der Waals surface area contributed by atoms with E-state index >= 15 is 0 Å². The molecule has 0 aromatic rings. The van der Waals surface area contributed by atoms with Crippen LogP contribution in [-0.2, 0) is 10.0 Å². The molecule has 0 saturated heterocycles. The van der Waals surface area contributed by atoms with Gasteiger partial charge in [-0.05, 0) is 12.8 Å². The van der Waals surface area contributed by atoms with Gasteiger partial charge in [-0.3, -0.25) is 0 Å². The van der Waals surface area contributed by atoms with E-state index in [1.165, 1.54) is 18.4 Å². The van der Waals surface area contributed by atoms with Crippen LogP contribution >= 0.6 is 0 Å². The first-order valence-electron chi connectivity index (χ1n) is 4.23. The Morgan fingerprint density at radius 3 is 2.23 bits per heavy atom. The first kappa shape index (κ1) is 10.5. The maximum atomic E-state index is 11.5. The average molecular weight is 202 g/mol. The predicted molar refractivity (Wildman–Crippen MR) is 49.4 cm³/mol. The van der Waals surface area contributed by atoms with Crippen molar-refractivity contribution in [2.45, 2.75) is 19.3 Å². The van der Waals surface area contributed by atoms with Crippen LogP contribution in [0.4, 0.5) is 0 Å². The topological polar surface area (TPSA) is 61.2 Å². The Morgan fingerprint density at radius 1 is 1.46 bits per heavy atom. The summed E-state index contributed by atoms with van der Waals surface area (Å²) >= 11 is 0. The molecule has 1 aliphatic rings. The Bertz CT molecular complexity index is 323. The molecular formula is C8H14N2O2S. The van der Waals surface area contributed by atoms with Gasteiger partial charge in [-0.1, -0.05) is 6.42 Å². The lowest BCUT2D eigenvalue weighted by Gasteiger charge is -2.35. The second-order valence-corrected chi connectivity index (χ2v) is 5.97. The number of sulfonamides is 1. The minimum absolute atomic E-state index is 0.0243. The Hall–Kier alpha value is -0.600. The van der Waals surface area contributed by atoms with Crippen molar-refractivity contribution >= 4 is 10.0 Å². The van der Waals surface area contributed by atoms with E-state index in [9.17, 15) is 8.42 Å². The van der Waals surface area contributed by atoms with Crippen LogP contribution in [0, 0.1) is 16.7 Å². The van der Waals surface area contributed by atoms with E-state index in [2.05, 4.69) is 6.07 Å². The molecule has 0 amide bonds. The van der Waals surface area contributed by atoms with E-state index < -0.39 is 15.4 Å². The lowest BCUT2D eigenvalue weighted by Crippen LogP contribution is -2.39. The zero-order valence-electron chi connectivity index (χ0n) is 7.95. The van der Waals surface area contributed by atoms with Crippen molar-refractivity contribution in [1.29, 1.82) is 5.26 Å². The van der Waals surface area contributed by atoms with Gasteiger partial charge in [-0.25, -0.2) is 12.7 Å². The molecule has 0 atom stereocenters. The first-order chi connectivity index (χ1) is 5.92. The van der Waals surface area contributed by atoms with Crippen molar-refractivity contribution in [1.82, 2.24) is 4.31 Å². The van der Waals surface area contributed by atoms with Crippen molar-refractivity contribution in [2.24, 2.45) is 5.41 Å². The second kappa shape index (κ2) is 3.28. The van der Waals surface area contributed by atoms with Gasteiger partial charge in [-0.2, -0.15) is 5.26 Å². The highest BCUT2D eigenvalue weighted by atomic mass is 32.2. The number of nitriles is 1. The summed E-state index contributed by atoms with van der Waals surface area (Å²) in [4.78, 5) is 0. The van der Waals surface area contributed by atoms with Gasteiger partial charge in [0, 0.05) is 14.1 Å². The van der Waals surface area contributed by atoms with Crippen LogP contribution in [0.2, 0.25) is 0 Å². The third-order valence-electron chi connectivity index (χ3n) is 2.56. The van der Waals surface area contributed by atoms with E-state index in [1.54, 1.807) is 0 Å². The molecule has 5 heteroatoms. The van der Waals surface area contributed by atoms with Crippen molar-refractivity contribution in [3.05, 3.63) is 0 Å². The zero-order valence-corrected chi connectivity index (χ0v) is 8.76. The third kappa shape index (κ3) is 2.01. The average Bonchev–Trinajstić information content (AvgIpc) is 1.96. The van der Waals surface area contributed by atoms with Gasteiger partial charge in [0.15, 0.2) is 0 Å². The van der Waals surface area contributed by atoms with Crippen molar-refractivity contribution < 1.29 is 8.42 Å². The maximum absolute atomic E-state index is 11.5. The van der Waals surface area contributed by atoms with E-state index in [4.69, 9.17) is 5.26 Å². The van der Waals surface area contributed by atoms with Crippen LogP contribution < -0.4 is 0 Å². The molecule has 1 fully saturated rings. The van der Waals surface area contributed by atoms with E-state index in [0.29, 0.717) is 0 Å². The van der Waals surface area contributed by atoms with Gasteiger partial charge < -0.3 is 0 Å². The summed E-state index contributed by atoms with van der Waals surface area (Å²) in [6, 6.07) is 2.12. The van der Waals surface area contributed by atoms with Gasteiger partial charge in [0.2, 0.25) is 10.0 Å². The SMILES string of the molecule is CN(C)S(=O)(=O)CC1(C#N)CCC1. The number of rotatable bonds is 3. The van der Waals surface area contributed by atoms with Crippen molar-refractivity contribution in [3.8, 4) is 6.07 Å². The highest BCUT2D eigenvalue weighted by Gasteiger charge is 2.41. The molecule has 0 heterocycles. The monoisotopic (exact) mass is 202 g/mol. The molecule has 0 aliphatic heterocycles. The van der Waals surface area contributed by atoms with Gasteiger partial charge in [0.05, 0.1) is 17.2 Å². The van der Waals surface area contributed by atoms with Crippen LogP contribution in [-0.4, -0.2) is 32.6 Å². The molecule has 74 valence electrons. The van der Waals surface area contributed by atoms with E-state index in [0.717, 1.165) is 19.3 Å². The minimum Gasteiger partial charge on any atom is -0.212 e. The Balaban J connectivity index is 2.74. The zero-order chi connectivity index (χ0) is 10.1. The Morgan fingerprint density at radius 2 is 2.00 bits per heavy atom. The molecule has 13 heavy (non-hydrogen) atoms. The standard InChI is InChI=1S/C8H14N2O2S/c1-10(2)13(11,12)7-8(6-9)4-3-5-8/h3-5,7H2,1-2H3. The molecular weight excluding hydrogens is 188 g/mol. The largest absolute Gasteiger partial charge is 0.215 e. The van der Waals surface area contributed by atoms with Crippen LogP contribution in [0.25, 0.3) is 0 Å². The fourth-order valence-corrected chi connectivity index (χ4v) is 2.68. The number of nitrogens with zero attached hydrogens (tertiary/aromatic N) is 2. The lowest BCUT2D eigenvalue weighted by atomic mass is 9.72. The van der Waals surface area contributed by atoms with Crippen LogP contribution in [0.1, 0.15) is 19.3 Å². The van der Waals surface area contributed by atoms with Crippen LogP contribution in [0.15, 0.2) is 0 Å². The molecule has 1 aliphatic carbocycles. The third-order valence-corrected chi connectivity index (χ3v) is 4.59. The summed E-state index contributed by atoms with van der Waals surface area (Å²) in [7, 11) is -0.220. The maximum Gasteiger partial charge on any atom is 0.215 e. The van der Waals surface area contributed by atoms with Gasteiger partial charge in [0.25, 0.3) is 0 Å². The molecule has 1 saturated carbocycles. The Labute approximate surface area is 79.2 Å². The summed E-state index contributed by atoms with van der Waals surface area (Å²) < 4.78 is 24.1. The number of hydrogen-bond donors (Lipinski definition) is 0. The summed E-state index contributed by atoms with van der Waals surface area (Å²) in [6.45, 7) is 0. The summed E-state index contributed by atoms with van der Waals surface area (Å²) in [5.74, 6) is -0.0243. The quantitative estimate of drug-likeness (QED) is 0.672. The van der Waals surface area contributed by atoms with Crippen LogP contribution in [0.3, 0.4) is 0 Å². The summed E-state index contributed by atoms with van der Waals surface area (Å²) in [5.41, 5.74) is -0.594. The molecule has 0 aromatic carbocycles. The molecule has 0 aromatic heterocycles. The highest BCUT2D eigenvalue weighted by molar-refractivity contribution is 7.89. The fourth-order valence-electron chi connectivity index (χ4n) is 1.37. The molecule has 1 rings (SSSR count). The summed E-state index contributed by atoms with van der Waals surface area (Å²) in [6.07, 6.45) is 2.41. The van der Waals surface area contributed by atoms with Crippen molar-refractivity contribution in [3.63, 3.8) is 0 Å². The minimum atomic E-state index is -3.22. The summed E-state index contributed by atoms with van der Waals surface area (Å²) in [5, 5.41) is 8.85. The number of hydrogen-bond acceptors (Lipinski definition) is 3. The predicted octanol–water partition coefficient (Wildman–Crippen LogP) is 0.572. The highest BCUT2D eigenvalue weighted by Crippen LogP contribution is 2.41. The van der Waals surface area contributed by atoms with E-state index in [-0.39, 0.29) is 5.75 Å². The fraction of sp³-hybridized carbons (Fsp3) is 0.875. The smallest absolute Gasteiger partial charge is 0.212 e. The molecule has 0 spiro atoms. The Kier molecular flexibility index (Phi) is 2.64. The molecule has 0 radical (unpaired) electrons. The lowest BCUT2D eigenvalue weighted by molar-refractivity contribution is 0.245. The first-order valence-corrected chi connectivity index (χ1v) is 5.84. The normalized spacial score (nSPS) is 20.8. The second-order valence-electron chi connectivity index (χ2n) is 3.78.